The summed E-state index contributed by atoms with van der Waals surface area (Å²) in [5, 5.41) is 27.3. The van der Waals surface area contributed by atoms with Gasteiger partial charge in [-0.2, -0.15) is 0 Å². The maximum atomic E-state index is 10.6. The molecule has 1 aromatic carbocycles. The number of phenols is 1. The first-order valence-electron chi connectivity index (χ1n) is 3.86. The lowest BCUT2D eigenvalue weighted by atomic mass is 10.0. The molecule has 76 valence electrons. The molecule has 0 radical (unpaired) electrons. The minimum atomic E-state index is -1.12. The number of hydrogen-bond donors (Lipinski definition) is 3. The zero-order chi connectivity index (χ0) is 10.7. The average molecular weight is 261 g/mol. The quantitative estimate of drug-likeness (QED) is 0.709. The largest absolute Gasteiger partial charge is 0.507 e. The van der Waals surface area contributed by atoms with E-state index in [2.05, 4.69) is 15.9 Å². The Labute approximate surface area is 88.9 Å². The number of aromatic hydroxyl groups is 1. The fourth-order valence-electron chi connectivity index (χ4n) is 1.08. The number of hydrogen-bond acceptors (Lipinski definition) is 4. The number of carbonyl (C=O) groups is 1. The Morgan fingerprint density at radius 2 is 2.14 bits per heavy atom. The first-order chi connectivity index (χ1) is 6.60. The van der Waals surface area contributed by atoms with Gasteiger partial charge in [-0.05, 0) is 33.6 Å². The van der Waals surface area contributed by atoms with E-state index >= 15 is 0 Å². The highest BCUT2D eigenvalue weighted by Gasteiger charge is 2.13. The molecule has 0 aliphatic rings. The van der Waals surface area contributed by atoms with Gasteiger partial charge < -0.3 is 15.3 Å². The van der Waals surface area contributed by atoms with Crippen LogP contribution in [0.15, 0.2) is 16.6 Å². The van der Waals surface area contributed by atoms with Gasteiger partial charge in [0.1, 0.15) is 11.9 Å². The molecule has 0 aliphatic heterocycles. The maximum absolute atomic E-state index is 10.6. The van der Waals surface area contributed by atoms with Crippen molar-refractivity contribution >= 4 is 22.2 Å². The van der Waals surface area contributed by atoms with E-state index in [1.165, 1.54) is 12.1 Å². The summed E-state index contributed by atoms with van der Waals surface area (Å²) in [5.41, 5.74) is 0.444. The topological polar surface area (TPSA) is 77.8 Å². The fraction of sp³-hybridized carbons (Fsp3) is 0.222. The molecule has 0 saturated carbocycles. The third-order valence-corrected chi connectivity index (χ3v) is 2.45. The van der Waals surface area contributed by atoms with Crippen LogP contribution < -0.4 is 0 Å². The number of halogens is 1. The molecular formula is C9H9BrO4. The zero-order valence-corrected chi connectivity index (χ0v) is 8.73. The molecular weight excluding hydrogens is 252 g/mol. The van der Waals surface area contributed by atoms with Crippen LogP contribution in [0.1, 0.15) is 22.0 Å². The van der Waals surface area contributed by atoms with Crippen LogP contribution in [0.25, 0.3) is 0 Å². The smallest absolute Gasteiger partial charge is 0.150 e. The lowest BCUT2D eigenvalue weighted by Crippen LogP contribution is -2.06. The van der Waals surface area contributed by atoms with E-state index in [0.29, 0.717) is 10.8 Å². The standard InChI is InChI=1S/C9H9BrO4/c10-7-2-6(9(14)4-12)5(3-11)1-8(7)13/h1-3,9,12-14H,4H2. The van der Waals surface area contributed by atoms with Gasteiger partial charge in [-0.25, -0.2) is 0 Å². The van der Waals surface area contributed by atoms with Crippen molar-refractivity contribution in [1.82, 2.24) is 0 Å². The first-order valence-corrected chi connectivity index (χ1v) is 4.66. The van der Waals surface area contributed by atoms with E-state index < -0.39 is 12.7 Å². The number of aliphatic hydroxyl groups is 2. The molecule has 14 heavy (non-hydrogen) atoms. The van der Waals surface area contributed by atoms with Crippen molar-refractivity contribution in [3.8, 4) is 5.75 Å². The second kappa shape index (κ2) is 4.54. The predicted octanol–water partition coefficient (Wildman–Crippen LogP) is 0.993. The second-order valence-electron chi connectivity index (χ2n) is 2.75. The second-order valence-corrected chi connectivity index (χ2v) is 3.60. The van der Waals surface area contributed by atoms with Crippen molar-refractivity contribution in [2.24, 2.45) is 0 Å². The Kier molecular flexibility index (Phi) is 3.62. The van der Waals surface area contributed by atoms with Gasteiger partial charge in [-0.3, -0.25) is 4.79 Å². The van der Waals surface area contributed by atoms with Gasteiger partial charge in [0.2, 0.25) is 0 Å². The van der Waals surface area contributed by atoms with Crippen LogP contribution in [0.4, 0.5) is 0 Å². The van der Waals surface area contributed by atoms with Crippen molar-refractivity contribution in [3.63, 3.8) is 0 Å². The number of aliphatic hydroxyl groups excluding tert-OH is 2. The molecule has 0 aliphatic carbocycles. The highest BCUT2D eigenvalue weighted by Crippen LogP contribution is 2.29. The Morgan fingerprint density at radius 1 is 1.50 bits per heavy atom. The zero-order valence-electron chi connectivity index (χ0n) is 7.14. The molecule has 5 heteroatoms. The van der Waals surface area contributed by atoms with Crippen LogP contribution in [-0.2, 0) is 0 Å². The fourth-order valence-corrected chi connectivity index (χ4v) is 1.44. The molecule has 0 saturated heterocycles. The van der Waals surface area contributed by atoms with Crippen molar-refractivity contribution in [2.75, 3.05) is 6.61 Å². The van der Waals surface area contributed by atoms with Crippen molar-refractivity contribution < 1.29 is 20.1 Å². The van der Waals surface area contributed by atoms with Crippen LogP contribution in [-0.4, -0.2) is 28.2 Å². The third kappa shape index (κ3) is 2.12. The molecule has 1 aromatic rings. The van der Waals surface area contributed by atoms with Crippen LogP contribution in [0.3, 0.4) is 0 Å². The molecule has 1 unspecified atom stereocenters. The summed E-state index contributed by atoms with van der Waals surface area (Å²) in [7, 11) is 0. The Morgan fingerprint density at radius 3 is 2.64 bits per heavy atom. The minimum Gasteiger partial charge on any atom is -0.507 e. The van der Waals surface area contributed by atoms with Crippen LogP contribution in [0, 0.1) is 0 Å². The summed E-state index contributed by atoms with van der Waals surface area (Å²) in [6, 6.07) is 2.63. The summed E-state index contributed by atoms with van der Waals surface area (Å²) in [4.78, 5) is 10.6. The number of rotatable bonds is 3. The number of aldehydes is 1. The molecule has 0 spiro atoms. The highest BCUT2D eigenvalue weighted by atomic mass is 79.9. The molecule has 0 bridgehead atoms. The van der Waals surface area contributed by atoms with Gasteiger partial charge >= 0.3 is 0 Å². The van der Waals surface area contributed by atoms with E-state index in [1.54, 1.807) is 0 Å². The van der Waals surface area contributed by atoms with Crippen molar-refractivity contribution in [2.45, 2.75) is 6.10 Å². The van der Waals surface area contributed by atoms with Gasteiger partial charge in [-0.15, -0.1) is 0 Å². The molecule has 0 aromatic heterocycles. The molecule has 3 N–H and O–H groups in total. The number of carbonyl (C=O) groups excluding carboxylic acids is 1. The van der Waals surface area contributed by atoms with Gasteiger partial charge in [0, 0.05) is 5.56 Å². The van der Waals surface area contributed by atoms with Crippen LogP contribution >= 0.6 is 15.9 Å². The summed E-state index contributed by atoms with van der Waals surface area (Å²) in [6.07, 6.45) is -0.604. The number of benzene rings is 1. The maximum Gasteiger partial charge on any atom is 0.150 e. The third-order valence-electron chi connectivity index (χ3n) is 1.81. The molecule has 0 heterocycles. The molecule has 1 atom stereocenters. The monoisotopic (exact) mass is 260 g/mol. The summed E-state index contributed by atoms with van der Waals surface area (Å²) < 4.78 is 0.366. The average Bonchev–Trinajstić information content (AvgIpc) is 2.20. The van der Waals surface area contributed by atoms with Gasteiger partial charge in [-0.1, -0.05) is 0 Å². The summed E-state index contributed by atoms with van der Waals surface area (Å²) >= 11 is 3.05. The van der Waals surface area contributed by atoms with Crippen LogP contribution in [0.5, 0.6) is 5.75 Å². The normalized spacial score (nSPS) is 12.5. The Hall–Kier alpha value is -0.910. The van der Waals surface area contributed by atoms with E-state index in [9.17, 15) is 15.0 Å². The lowest BCUT2D eigenvalue weighted by Gasteiger charge is -2.11. The van der Waals surface area contributed by atoms with E-state index in [4.69, 9.17) is 5.11 Å². The Bertz CT molecular complexity index is 351. The lowest BCUT2D eigenvalue weighted by molar-refractivity contribution is 0.0934. The summed E-state index contributed by atoms with van der Waals surface area (Å²) in [6.45, 7) is -0.474. The molecule has 0 fully saturated rings. The Balaban J connectivity index is 3.26. The van der Waals surface area contributed by atoms with Crippen molar-refractivity contribution in [1.29, 1.82) is 0 Å². The molecule has 4 nitrogen and oxygen atoms in total. The van der Waals surface area contributed by atoms with Crippen LogP contribution in [0.2, 0.25) is 0 Å². The predicted molar refractivity (Wildman–Crippen MR) is 53.2 cm³/mol. The van der Waals surface area contributed by atoms with Gasteiger partial charge in [0.25, 0.3) is 0 Å². The SMILES string of the molecule is O=Cc1cc(O)c(Br)cc1C(O)CO. The molecule has 1 rings (SSSR count). The van der Waals surface area contributed by atoms with Crippen molar-refractivity contribution in [3.05, 3.63) is 27.7 Å². The van der Waals surface area contributed by atoms with E-state index in [1.807, 2.05) is 0 Å². The number of phenolic OH excluding ortho intramolecular Hbond substituents is 1. The first kappa shape index (κ1) is 11.2. The van der Waals surface area contributed by atoms with E-state index in [-0.39, 0.29) is 16.9 Å². The summed E-state index contributed by atoms with van der Waals surface area (Å²) in [5.74, 6) is -0.0824. The molecule has 0 amide bonds. The van der Waals surface area contributed by atoms with Gasteiger partial charge in [0.15, 0.2) is 6.29 Å². The van der Waals surface area contributed by atoms with E-state index in [0.717, 1.165) is 0 Å². The minimum absolute atomic E-state index is 0.0824. The highest BCUT2D eigenvalue weighted by molar-refractivity contribution is 9.10. The van der Waals surface area contributed by atoms with Gasteiger partial charge in [0.05, 0.1) is 11.1 Å².